The van der Waals surface area contributed by atoms with Crippen LogP contribution in [0.4, 0.5) is 5.82 Å². The van der Waals surface area contributed by atoms with E-state index in [0.29, 0.717) is 29.9 Å². The fraction of sp³-hybridized carbons (Fsp3) is 0.333. The number of nitrogens with zero attached hydrogens (tertiary/aromatic N) is 3. The molecule has 106 valence electrons. The van der Waals surface area contributed by atoms with E-state index in [-0.39, 0.29) is 5.69 Å². The Morgan fingerprint density at radius 3 is 3.05 bits per heavy atom. The number of thiazole rings is 1. The van der Waals surface area contributed by atoms with Gasteiger partial charge in [0.1, 0.15) is 17.2 Å². The average molecular weight is 294 g/mol. The topological polar surface area (TPSA) is 97.2 Å². The molecular weight excluding hydrogens is 280 g/mol. The van der Waals surface area contributed by atoms with Crippen molar-refractivity contribution in [1.29, 1.82) is 0 Å². The Morgan fingerprint density at radius 2 is 2.35 bits per heavy atom. The number of aromatic carboxylic acids is 1. The minimum absolute atomic E-state index is 0.0569. The maximum atomic E-state index is 10.7. The lowest BCUT2D eigenvalue weighted by Gasteiger charge is -2.06. The lowest BCUT2D eigenvalue weighted by molar-refractivity contribution is 0.0691. The Labute approximate surface area is 119 Å². The third kappa shape index (κ3) is 3.89. The molecule has 0 aliphatic carbocycles. The lowest BCUT2D eigenvalue weighted by atomic mass is 10.5. The summed E-state index contributed by atoms with van der Waals surface area (Å²) in [6, 6.07) is 1.70. The molecule has 2 rings (SSSR count). The number of aromatic nitrogens is 3. The normalized spacial score (nSPS) is 10.2. The fourth-order valence-corrected chi connectivity index (χ4v) is 2.09. The number of anilines is 1. The van der Waals surface area contributed by atoms with Crippen LogP contribution in [0, 0.1) is 0 Å². The summed E-state index contributed by atoms with van der Waals surface area (Å²) in [5.74, 6) is 0.0951. The first-order valence-electron chi connectivity index (χ1n) is 6.05. The van der Waals surface area contributed by atoms with Gasteiger partial charge in [-0.25, -0.2) is 19.7 Å². The van der Waals surface area contributed by atoms with Gasteiger partial charge in [-0.2, -0.15) is 0 Å². The smallest absolute Gasteiger partial charge is 0.355 e. The summed E-state index contributed by atoms with van der Waals surface area (Å²) in [6.07, 6.45) is 2.32. The van der Waals surface area contributed by atoms with Crippen LogP contribution in [0.2, 0.25) is 0 Å². The van der Waals surface area contributed by atoms with Gasteiger partial charge in [-0.3, -0.25) is 0 Å². The van der Waals surface area contributed by atoms with Gasteiger partial charge < -0.3 is 15.2 Å². The molecule has 7 nitrogen and oxygen atoms in total. The summed E-state index contributed by atoms with van der Waals surface area (Å²) in [5.41, 5.74) is 0.0569. The van der Waals surface area contributed by atoms with Gasteiger partial charge in [-0.1, -0.05) is 6.92 Å². The van der Waals surface area contributed by atoms with Crippen LogP contribution >= 0.6 is 11.3 Å². The van der Waals surface area contributed by atoms with Gasteiger partial charge in [0.15, 0.2) is 5.69 Å². The molecule has 2 aromatic rings. The molecule has 2 heterocycles. The zero-order chi connectivity index (χ0) is 14.4. The van der Waals surface area contributed by atoms with Gasteiger partial charge >= 0.3 is 5.97 Å². The Hall–Kier alpha value is -2.22. The minimum atomic E-state index is -1.02. The van der Waals surface area contributed by atoms with E-state index >= 15 is 0 Å². The molecule has 0 aliphatic heterocycles. The molecular formula is C12H14N4O3S. The third-order valence-corrected chi connectivity index (χ3v) is 3.14. The van der Waals surface area contributed by atoms with Crippen molar-refractivity contribution in [3.63, 3.8) is 0 Å². The van der Waals surface area contributed by atoms with Crippen molar-refractivity contribution >= 4 is 23.1 Å². The van der Waals surface area contributed by atoms with Crippen molar-refractivity contribution in [3.05, 3.63) is 28.5 Å². The second-order valence-electron chi connectivity index (χ2n) is 3.88. The molecule has 0 aliphatic rings. The molecule has 0 fully saturated rings. The summed E-state index contributed by atoms with van der Waals surface area (Å²) >= 11 is 1.29. The van der Waals surface area contributed by atoms with Gasteiger partial charge in [0, 0.05) is 11.4 Å². The lowest BCUT2D eigenvalue weighted by Crippen LogP contribution is -2.04. The number of ether oxygens (including phenoxy) is 1. The first kappa shape index (κ1) is 14.2. The van der Waals surface area contributed by atoms with E-state index in [2.05, 4.69) is 20.3 Å². The quantitative estimate of drug-likeness (QED) is 0.806. The number of carboxylic acid groups (broad SMARTS) is 1. The van der Waals surface area contributed by atoms with Crippen LogP contribution < -0.4 is 10.1 Å². The van der Waals surface area contributed by atoms with Crippen molar-refractivity contribution in [1.82, 2.24) is 15.0 Å². The summed E-state index contributed by atoms with van der Waals surface area (Å²) in [4.78, 5) is 22.8. The maximum Gasteiger partial charge on any atom is 0.355 e. The van der Waals surface area contributed by atoms with E-state index in [0.717, 1.165) is 6.42 Å². The molecule has 0 bridgehead atoms. The molecule has 8 heteroatoms. The van der Waals surface area contributed by atoms with Gasteiger partial charge in [-0.15, -0.1) is 11.3 Å². The number of hydrogen-bond acceptors (Lipinski definition) is 7. The summed E-state index contributed by atoms with van der Waals surface area (Å²) in [5, 5.41) is 14.0. The van der Waals surface area contributed by atoms with Crippen molar-refractivity contribution in [2.24, 2.45) is 0 Å². The first-order chi connectivity index (χ1) is 9.69. The monoisotopic (exact) mass is 294 g/mol. The highest BCUT2D eigenvalue weighted by atomic mass is 32.1. The molecule has 2 N–H and O–H groups in total. The van der Waals surface area contributed by atoms with Crippen molar-refractivity contribution in [3.8, 4) is 5.88 Å². The zero-order valence-corrected chi connectivity index (χ0v) is 11.7. The molecule has 20 heavy (non-hydrogen) atoms. The van der Waals surface area contributed by atoms with E-state index < -0.39 is 5.97 Å². The summed E-state index contributed by atoms with van der Waals surface area (Å²) < 4.78 is 5.40. The standard InChI is InChI=1S/C12H14N4O3S/c1-2-3-19-10-4-9(14-7-15-10)13-5-11-16-8(6-20-11)12(17)18/h4,6-7H,2-3,5H2,1H3,(H,17,18)(H,13,14,15). The van der Waals surface area contributed by atoms with Crippen LogP contribution in [0.1, 0.15) is 28.8 Å². The summed E-state index contributed by atoms with van der Waals surface area (Å²) in [7, 11) is 0. The zero-order valence-electron chi connectivity index (χ0n) is 10.9. The highest BCUT2D eigenvalue weighted by Crippen LogP contribution is 2.14. The van der Waals surface area contributed by atoms with Crippen LogP contribution in [0.15, 0.2) is 17.8 Å². The number of hydrogen-bond donors (Lipinski definition) is 2. The van der Waals surface area contributed by atoms with Crippen LogP contribution in [0.5, 0.6) is 5.88 Å². The number of nitrogens with one attached hydrogen (secondary N) is 1. The van der Waals surface area contributed by atoms with Gasteiger partial charge in [0.2, 0.25) is 5.88 Å². The Kier molecular flexibility index (Phi) is 4.83. The fourth-order valence-electron chi connectivity index (χ4n) is 1.38. The van der Waals surface area contributed by atoms with Crippen LogP contribution in [0.25, 0.3) is 0 Å². The second kappa shape index (κ2) is 6.80. The first-order valence-corrected chi connectivity index (χ1v) is 6.93. The maximum absolute atomic E-state index is 10.7. The van der Waals surface area contributed by atoms with Crippen LogP contribution in [0.3, 0.4) is 0 Å². The number of carboxylic acids is 1. The van der Waals surface area contributed by atoms with E-state index in [1.807, 2.05) is 6.92 Å². The molecule has 0 atom stereocenters. The van der Waals surface area contributed by atoms with Crippen molar-refractivity contribution in [2.75, 3.05) is 11.9 Å². The largest absolute Gasteiger partial charge is 0.478 e. The van der Waals surface area contributed by atoms with Crippen LogP contribution in [-0.4, -0.2) is 32.6 Å². The van der Waals surface area contributed by atoms with E-state index in [4.69, 9.17) is 9.84 Å². The van der Waals surface area contributed by atoms with E-state index in [1.54, 1.807) is 6.07 Å². The van der Waals surface area contributed by atoms with Gasteiger partial charge in [0.05, 0.1) is 13.2 Å². The summed E-state index contributed by atoms with van der Waals surface area (Å²) in [6.45, 7) is 3.02. The molecule has 0 saturated heterocycles. The highest BCUT2D eigenvalue weighted by Gasteiger charge is 2.08. The second-order valence-corrected chi connectivity index (χ2v) is 4.82. The highest BCUT2D eigenvalue weighted by molar-refractivity contribution is 7.09. The van der Waals surface area contributed by atoms with Gasteiger partial charge in [-0.05, 0) is 6.42 Å². The molecule has 0 amide bonds. The SMILES string of the molecule is CCCOc1cc(NCc2nc(C(=O)O)cs2)ncn1. The minimum Gasteiger partial charge on any atom is -0.478 e. The number of rotatable bonds is 7. The van der Waals surface area contributed by atoms with E-state index in [9.17, 15) is 4.79 Å². The van der Waals surface area contributed by atoms with Crippen LogP contribution in [-0.2, 0) is 6.54 Å². The van der Waals surface area contributed by atoms with E-state index in [1.165, 1.54) is 23.0 Å². The van der Waals surface area contributed by atoms with Crippen molar-refractivity contribution in [2.45, 2.75) is 19.9 Å². The predicted molar refractivity (Wildman–Crippen MR) is 74.2 cm³/mol. The third-order valence-electron chi connectivity index (χ3n) is 2.29. The molecule has 2 aromatic heterocycles. The predicted octanol–water partition coefficient (Wildman–Crippen LogP) is 2.03. The van der Waals surface area contributed by atoms with Gasteiger partial charge in [0.25, 0.3) is 0 Å². The molecule has 0 unspecified atom stereocenters. The molecule has 0 radical (unpaired) electrons. The Balaban J connectivity index is 1.94. The Bertz CT molecular complexity index is 588. The number of carbonyl (C=O) groups is 1. The van der Waals surface area contributed by atoms with Crippen molar-refractivity contribution < 1.29 is 14.6 Å². The average Bonchev–Trinajstić information content (AvgIpc) is 2.92. The molecule has 0 spiro atoms. The Morgan fingerprint density at radius 1 is 1.50 bits per heavy atom. The molecule has 0 aromatic carbocycles. The molecule has 0 saturated carbocycles.